The van der Waals surface area contributed by atoms with Crippen molar-refractivity contribution in [1.82, 2.24) is 15.3 Å². The summed E-state index contributed by atoms with van der Waals surface area (Å²) in [6.07, 6.45) is 1.11. The number of rotatable bonds is 3. The highest BCUT2D eigenvalue weighted by atomic mass is 16.6. The highest BCUT2D eigenvalue weighted by molar-refractivity contribution is 5.31. The zero-order valence-corrected chi connectivity index (χ0v) is 6.39. The lowest BCUT2D eigenvalue weighted by Crippen LogP contribution is -2.12. The predicted octanol–water partition coefficient (Wildman–Crippen LogP) is 0.139. The summed E-state index contributed by atoms with van der Waals surface area (Å²) in [4.78, 5) is 9.76. The first-order chi connectivity index (χ1) is 5.61. The van der Waals surface area contributed by atoms with E-state index in [1.165, 1.54) is 7.05 Å². The molecule has 1 aromatic rings. The van der Waals surface area contributed by atoms with E-state index in [1.54, 1.807) is 0 Å². The molecule has 12 heavy (non-hydrogen) atoms. The van der Waals surface area contributed by atoms with Crippen molar-refractivity contribution in [3.63, 3.8) is 0 Å². The molecule has 0 amide bonds. The van der Waals surface area contributed by atoms with E-state index in [2.05, 4.69) is 10.2 Å². The van der Waals surface area contributed by atoms with Crippen LogP contribution >= 0.6 is 0 Å². The lowest BCUT2D eigenvalue weighted by atomic mass is 10.4. The van der Waals surface area contributed by atoms with Gasteiger partial charge in [0.1, 0.15) is 11.9 Å². The summed E-state index contributed by atoms with van der Waals surface area (Å²) < 4.78 is 0. The van der Waals surface area contributed by atoms with E-state index in [4.69, 9.17) is 5.21 Å². The predicted molar refractivity (Wildman–Crippen MR) is 38.5 cm³/mol. The molecule has 7 nitrogen and oxygen atoms in total. The monoisotopic (exact) mass is 172 g/mol. The molecule has 0 spiro atoms. The van der Waals surface area contributed by atoms with Crippen molar-refractivity contribution in [2.75, 3.05) is 7.05 Å². The molecule has 0 aliphatic rings. The Morgan fingerprint density at radius 3 is 3.08 bits per heavy atom. The van der Waals surface area contributed by atoms with E-state index in [0.717, 1.165) is 11.3 Å². The van der Waals surface area contributed by atoms with Crippen molar-refractivity contribution < 1.29 is 10.1 Å². The molecule has 0 fully saturated rings. The minimum absolute atomic E-state index is 0.0519. The Morgan fingerprint density at radius 1 is 1.92 bits per heavy atom. The van der Waals surface area contributed by atoms with Crippen LogP contribution in [0, 0.1) is 10.1 Å². The van der Waals surface area contributed by atoms with Gasteiger partial charge >= 0.3 is 5.69 Å². The molecule has 1 heterocycles. The van der Waals surface area contributed by atoms with Gasteiger partial charge in [0, 0.05) is 7.05 Å². The Balaban J connectivity index is 2.84. The van der Waals surface area contributed by atoms with Crippen LogP contribution in [0.5, 0.6) is 0 Å². The SMILES string of the molecule is CN(O)Cc1[nH]ncc1[N+](=O)[O-]. The molecule has 0 atom stereocenters. The zero-order valence-electron chi connectivity index (χ0n) is 6.39. The lowest BCUT2D eigenvalue weighted by molar-refractivity contribution is -0.386. The van der Waals surface area contributed by atoms with E-state index >= 15 is 0 Å². The van der Waals surface area contributed by atoms with E-state index in [0.29, 0.717) is 0 Å². The average molecular weight is 172 g/mol. The van der Waals surface area contributed by atoms with Crippen LogP contribution < -0.4 is 0 Å². The number of H-pyrrole nitrogens is 1. The molecule has 66 valence electrons. The molecule has 0 aliphatic heterocycles. The first kappa shape index (κ1) is 8.62. The standard InChI is InChI=1S/C5H8N4O3/c1-8(10)3-4-5(9(11)12)2-6-7-4/h2,10H,3H2,1H3,(H,6,7). The van der Waals surface area contributed by atoms with Crippen LogP contribution in [0.3, 0.4) is 0 Å². The van der Waals surface area contributed by atoms with E-state index in [-0.39, 0.29) is 17.9 Å². The number of aromatic amines is 1. The summed E-state index contributed by atoms with van der Waals surface area (Å²) in [7, 11) is 1.39. The number of hydrogen-bond acceptors (Lipinski definition) is 5. The minimum atomic E-state index is -0.553. The average Bonchev–Trinajstić information content (AvgIpc) is 2.33. The van der Waals surface area contributed by atoms with Crippen molar-refractivity contribution in [3.05, 3.63) is 22.0 Å². The number of aromatic nitrogens is 2. The maximum Gasteiger partial charge on any atom is 0.311 e. The van der Waals surface area contributed by atoms with Crippen LogP contribution in [0.25, 0.3) is 0 Å². The van der Waals surface area contributed by atoms with E-state index < -0.39 is 4.92 Å². The summed E-state index contributed by atoms with van der Waals surface area (Å²) in [6, 6.07) is 0. The van der Waals surface area contributed by atoms with Crippen molar-refractivity contribution in [2.24, 2.45) is 0 Å². The smallest absolute Gasteiger partial charge is 0.311 e. The Labute approximate surface area is 67.7 Å². The van der Waals surface area contributed by atoms with Gasteiger partial charge in [-0.25, -0.2) is 0 Å². The third kappa shape index (κ3) is 1.77. The van der Waals surface area contributed by atoms with Gasteiger partial charge in [-0.1, -0.05) is 0 Å². The van der Waals surface area contributed by atoms with Crippen molar-refractivity contribution in [3.8, 4) is 0 Å². The molecule has 0 bridgehead atoms. The fraction of sp³-hybridized carbons (Fsp3) is 0.400. The molecule has 0 unspecified atom stereocenters. The van der Waals surface area contributed by atoms with Gasteiger partial charge in [-0.3, -0.25) is 15.2 Å². The van der Waals surface area contributed by atoms with Gasteiger partial charge in [-0.2, -0.15) is 10.2 Å². The van der Waals surface area contributed by atoms with Crippen molar-refractivity contribution >= 4 is 5.69 Å². The summed E-state index contributed by atoms with van der Waals surface area (Å²) >= 11 is 0. The van der Waals surface area contributed by atoms with Gasteiger partial charge in [-0.15, -0.1) is 0 Å². The van der Waals surface area contributed by atoms with E-state index in [9.17, 15) is 10.1 Å². The minimum Gasteiger partial charge on any atom is -0.314 e. The molecule has 1 rings (SSSR count). The van der Waals surface area contributed by atoms with Crippen LogP contribution in [-0.2, 0) is 6.54 Å². The molecular weight excluding hydrogens is 164 g/mol. The van der Waals surface area contributed by atoms with Crippen LogP contribution in [-0.4, -0.2) is 32.4 Å². The normalized spacial score (nSPS) is 10.6. The maximum atomic E-state index is 10.3. The van der Waals surface area contributed by atoms with Crippen LogP contribution in [0.1, 0.15) is 5.69 Å². The van der Waals surface area contributed by atoms with Crippen molar-refractivity contribution in [1.29, 1.82) is 0 Å². The van der Waals surface area contributed by atoms with Gasteiger partial charge < -0.3 is 5.21 Å². The molecule has 0 aromatic carbocycles. The molecule has 2 N–H and O–H groups in total. The topological polar surface area (TPSA) is 95.3 Å². The largest absolute Gasteiger partial charge is 0.314 e. The summed E-state index contributed by atoms with van der Waals surface area (Å²) in [5.74, 6) is 0. The second-order valence-corrected chi connectivity index (χ2v) is 2.31. The van der Waals surface area contributed by atoms with Gasteiger partial charge in [0.05, 0.1) is 11.5 Å². The number of nitrogens with one attached hydrogen (secondary N) is 1. The highest BCUT2D eigenvalue weighted by Gasteiger charge is 2.16. The Hall–Kier alpha value is -1.47. The number of nitrogens with zero attached hydrogens (tertiary/aromatic N) is 3. The van der Waals surface area contributed by atoms with Crippen molar-refractivity contribution in [2.45, 2.75) is 6.54 Å². The molecule has 0 saturated heterocycles. The fourth-order valence-electron chi connectivity index (χ4n) is 0.809. The quantitative estimate of drug-likeness (QED) is 0.499. The summed E-state index contributed by atoms with van der Waals surface area (Å²) in [6.45, 7) is 0.0519. The van der Waals surface area contributed by atoms with Gasteiger partial charge in [0.15, 0.2) is 0 Å². The highest BCUT2D eigenvalue weighted by Crippen LogP contribution is 2.14. The van der Waals surface area contributed by atoms with Crippen LogP contribution in [0.2, 0.25) is 0 Å². The maximum absolute atomic E-state index is 10.3. The lowest BCUT2D eigenvalue weighted by Gasteiger charge is -2.03. The zero-order chi connectivity index (χ0) is 9.14. The van der Waals surface area contributed by atoms with Gasteiger partial charge in [0.2, 0.25) is 0 Å². The van der Waals surface area contributed by atoms with Gasteiger partial charge in [-0.05, 0) is 0 Å². The van der Waals surface area contributed by atoms with Crippen LogP contribution in [0.4, 0.5) is 5.69 Å². The third-order valence-electron chi connectivity index (χ3n) is 1.28. The Morgan fingerprint density at radius 2 is 2.58 bits per heavy atom. The second kappa shape index (κ2) is 3.28. The molecule has 0 saturated carbocycles. The molecule has 0 aliphatic carbocycles. The fourth-order valence-corrected chi connectivity index (χ4v) is 0.809. The molecule has 7 heteroatoms. The summed E-state index contributed by atoms with van der Waals surface area (Å²) in [5, 5.41) is 25.9. The number of hydroxylamine groups is 2. The first-order valence-corrected chi connectivity index (χ1v) is 3.18. The summed E-state index contributed by atoms with van der Waals surface area (Å²) in [5.41, 5.74) is 0.168. The molecule has 0 radical (unpaired) electrons. The Bertz CT molecular complexity index is 282. The Kier molecular flexibility index (Phi) is 2.36. The number of nitro groups is 1. The van der Waals surface area contributed by atoms with Gasteiger partial charge in [0.25, 0.3) is 0 Å². The first-order valence-electron chi connectivity index (χ1n) is 3.18. The molecule has 1 aromatic heterocycles. The third-order valence-corrected chi connectivity index (χ3v) is 1.28. The van der Waals surface area contributed by atoms with E-state index in [1.807, 2.05) is 0 Å². The van der Waals surface area contributed by atoms with Crippen LogP contribution in [0.15, 0.2) is 6.20 Å². The second-order valence-electron chi connectivity index (χ2n) is 2.31. The molecular formula is C5H8N4O3. The number of hydrogen-bond donors (Lipinski definition) is 2.